The summed E-state index contributed by atoms with van der Waals surface area (Å²) in [5, 5.41) is 0. The van der Waals surface area contributed by atoms with Crippen LogP contribution in [0.2, 0.25) is 0 Å². The first kappa shape index (κ1) is 12.3. The lowest BCUT2D eigenvalue weighted by atomic mass is 10.2. The topological polar surface area (TPSA) is 37.4 Å². The molecule has 3 nitrogen and oxygen atoms in total. The van der Waals surface area contributed by atoms with Crippen LogP contribution in [-0.2, 0) is 9.59 Å². The number of carbonyl (C=O) groups is 2. The Labute approximate surface area is 109 Å². The van der Waals surface area contributed by atoms with Gasteiger partial charge in [-0.3, -0.25) is 14.5 Å². The highest BCUT2D eigenvalue weighted by Crippen LogP contribution is 2.26. The van der Waals surface area contributed by atoms with E-state index in [0.717, 1.165) is 22.9 Å². The van der Waals surface area contributed by atoms with Crippen LogP contribution in [0.4, 0.5) is 5.69 Å². The summed E-state index contributed by atoms with van der Waals surface area (Å²) in [7, 11) is 0. The molecule has 0 N–H and O–H groups in total. The lowest BCUT2D eigenvalue weighted by Gasteiger charge is -2.19. The number of amides is 2. The van der Waals surface area contributed by atoms with Gasteiger partial charge >= 0.3 is 0 Å². The summed E-state index contributed by atoms with van der Waals surface area (Å²) in [6.45, 7) is 1.97. The van der Waals surface area contributed by atoms with Crippen LogP contribution in [0.15, 0.2) is 22.7 Å². The van der Waals surface area contributed by atoms with Crippen molar-refractivity contribution in [3.63, 3.8) is 0 Å². The van der Waals surface area contributed by atoms with Gasteiger partial charge in [-0.15, -0.1) is 0 Å². The lowest BCUT2D eigenvalue weighted by Crippen LogP contribution is -2.35. The van der Waals surface area contributed by atoms with Crippen molar-refractivity contribution >= 4 is 33.4 Å². The average molecular weight is 296 g/mol. The number of hydrogen-bond acceptors (Lipinski definition) is 2. The number of anilines is 1. The van der Waals surface area contributed by atoms with Gasteiger partial charge in [0.25, 0.3) is 0 Å². The van der Waals surface area contributed by atoms with Crippen molar-refractivity contribution < 1.29 is 9.59 Å². The Morgan fingerprint density at radius 2 is 1.71 bits per heavy atom. The first-order chi connectivity index (χ1) is 8.09. The highest BCUT2D eigenvalue weighted by atomic mass is 79.9. The second-order valence-corrected chi connectivity index (χ2v) is 5.12. The van der Waals surface area contributed by atoms with Gasteiger partial charge in [0.05, 0.1) is 5.69 Å². The Balaban J connectivity index is 2.38. The molecular formula is C13H14BrNO2. The zero-order chi connectivity index (χ0) is 12.4. The fourth-order valence-corrected chi connectivity index (χ4v) is 2.29. The number of benzene rings is 1. The molecule has 2 amide bonds. The van der Waals surface area contributed by atoms with Crippen molar-refractivity contribution in [1.82, 2.24) is 0 Å². The predicted octanol–water partition coefficient (Wildman–Crippen LogP) is 3.19. The van der Waals surface area contributed by atoms with E-state index in [4.69, 9.17) is 0 Å². The van der Waals surface area contributed by atoms with Gasteiger partial charge < -0.3 is 0 Å². The highest BCUT2D eigenvalue weighted by molar-refractivity contribution is 9.10. The molecule has 1 fully saturated rings. The van der Waals surface area contributed by atoms with Crippen molar-refractivity contribution in [2.24, 2.45) is 0 Å². The predicted molar refractivity (Wildman–Crippen MR) is 69.8 cm³/mol. The summed E-state index contributed by atoms with van der Waals surface area (Å²) in [5.41, 5.74) is 1.75. The van der Waals surface area contributed by atoms with Crippen molar-refractivity contribution in [3.8, 4) is 0 Å². The van der Waals surface area contributed by atoms with E-state index >= 15 is 0 Å². The molecule has 17 heavy (non-hydrogen) atoms. The van der Waals surface area contributed by atoms with Crippen LogP contribution in [0, 0.1) is 6.92 Å². The third-order valence-electron chi connectivity index (χ3n) is 2.94. The summed E-state index contributed by atoms with van der Waals surface area (Å²) in [4.78, 5) is 25.1. The molecule has 0 aliphatic carbocycles. The van der Waals surface area contributed by atoms with Crippen molar-refractivity contribution in [2.75, 3.05) is 4.90 Å². The number of aryl methyl sites for hydroxylation is 1. The Morgan fingerprint density at radius 3 is 2.24 bits per heavy atom. The van der Waals surface area contributed by atoms with Gasteiger partial charge in [0.1, 0.15) is 0 Å². The van der Waals surface area contributed by atoms with Gasteiger partial charge in [-0.05, 0) is 37.5 Å². The molecule has 1 aliphatic rings. The van der Waals surface area contributed by atoms with E-state index in [2.05, 4.69) is 15.9 Å². The van der Waals surface area contributed by atoms with E-state index in [1.165, 1.54) is 4.90 Å². The number of rotatable bonds is 1. The first-order valence-electron chi connectivity index (χ1n) is 5.71. The molecule has 0 unspecified atom stereocenters. The van der Waals surface area contributed by atoms with E-state index in [9.17, 15) is 9.59 Å². The van der Waals surface area contributed by atoms with Gasteiger partial charge in [0.15, 0.2) is 0 Å². The molecule has 0 spiro atoms. The minimum atomic E-state index is -0.0942. The van der Waals surface area contributed by atoms with Gasteiger partial charge in [-0.25, -0.2) is 0 Å². The Kier molecular flexibility index (Phi) is 3.62. The summed E-state index contributed by atoms with van der Waals surface area (Å²) in [6.07, 6.45) is 2.51. The molecule has 0 radical (unpaired) electrons. The molecule has 4 heteroatoms. The van der Waals surface area contributed by atoms with Gasteiger partial charge in [-0.2, -0.15) is 0 Å². The van der Waals surface area contributed by atoms with Crippen LogP contribution in [0.5, 0.6) is 0 Å². The van der Waals surface area contributed by atoms with E-state index in [1.807, 2.05) is 25.1 Å². The molecule has 2 rings (SSSR count). The second-order valence-electron chi connectivity index (χ2n) is 4.26. The van der Waals surface area contributed by atoms with E-state index in [-0.39, 0.29) is 11.8 Å². The maximum Gasteiger partial charge on any atom is 0.233 e. The molecule has 1 aromatic rings. The van der Waals surface area contributed by atoms with Crippen molar-refractivity contribution in [1.29, 1.82) is 0 Å². The van der Waals surface area contributed by atoms with Crippen LogP contribution in [-0.4, -0.2) is 11.8 Å². The maximum absolute atomic E-state index is 11.9. The van der Waals surface area contributed by atoms with Gasteiger partial charge in [0, 0.05) is 17.3 Å². The third kappa shape index (κ3) is 2.57. The molecule has 0 saturated carbocycles. The quantitative estimate of drug-likeness (QED) is 0.746. The molecule has 1 aliphatic heterocycles. The number of carbonyl (C=O) groups excluding carboxylic acids is 2. The average Bonchev–Trinajstić information content (AvgIpc) is 2.45. The molecule has 1 aromatic carbocycles. The number of hydrogen-bond donors (Lipinski definition) is 0. The monoisotopic (exact) mass is 295 g/mol. The fraction of sp³-hybridized carbons (Fsp3) is 0.385. The number of imide groups is 1. The van der Waals surface area contributed by atoms with Gasteiger partial charge in [-0.1, -0.05) is 22.0 Å². The molecule has 0 atom stereocenters. The van der Waals surface area contributed by atoms with Crippen LogP contribution in [0.25, 0.3) is 0 Å². The SMILES string of the molecule is Cc1ccc(N2C(=O)CCCCC2=O)cc1Br. The van der Waals surface area contributed by atoms with E-state index in [0.29, 0.717) is 18.5 Å². The normalized spacial score (nSPS) is 17.2. The Bertz CT molecular complexity index is 452. The van der Waals surface area contributed by atoms with E-state index in [1.54, 1.807) is 0 Å². The minimum Gasteiger partial charge on any atom is -0.274 e. The third-order valence-corrected chi connectivity index (χ3v) is 3.80. The highest BCUT2D eigenvalue weighted by Gasteiger charge is 2.25. The number of nitrogens with zero attached hydrogens (tertiary/aromatic N) is 1. The Hall–Kier alpha value is -1.16. The largest absolute Gasteiger partial charge is 0.274 e. The summed E-state index contributed by atoms with van der Waals surface area (Å²) >= 11 is 3.42. The zero-order valence-electron chi connectivity index (χ0n) is 9.70. The van der Waals surface area contributed by atoms with Crippen LogP contribution >= 0.6 is 15.9 Å². The van der Waals surface area contributed by atoms with Crippen LogP contribution in [0.1, 0.15) is 31.2 Å². The Morgan fingerprint density at radius 1 is 1.12 bits per heavy atom. The summed E-state index contributed by atoms with van der Waals surface area (Å²) < 4.78 is 0.917. The zero-order valence-corrected chi connectivity index (χ0v) is 11.3. The van der Waals surface area contributed by atoms with Crippen molar-refractivity contribution in [2.45, 2.75) is 32.6 Å². The lowest BCUT2D eigenvalue weighted by molar-refractivity contribution is -0.125. The molecule has 1 heterocycles. The molecule has 0 aromatic heterocycles. The summed E-state index contributed by atoms with van der Waals surface area (Å²) in [6, 6.07) is 5.56. The molecule has 1 saturated heterocycles. The fourth-order valence-electron chi connectivity index (χ4n) is 1.92. The van der Waals surface area contributed by atoms with Crippen molar-refractivity contribution in [3.05, 3.63) is 28.2 Å². The summed E-state index contributed by atoms with van der Waals surface area (Å²) in [5.74, 6) is -0.188. The first-order valence-corrected chi connectivity index (χ1v) is 6.51. The minimum absolute atomic E-state index is 0.0942. The molecule has 90 valence electrons. The molecule has 0 bridgehead atoms. The smallest absolute Gasteiger partial charge is 0.233 e. The molecular weight excluding hydrogens is 282 g/mol. The second kappa shape index (κ2) is 5.00. The standard InChI is InChI=1S/C13H14BrNO2/c1-9-6-7-10(8-11(9)14)15-12(16)4-2-3-5-13(15)17/h6-8H,2-5H2,1H3. The van der Waals surface area contributed by atoms with Gasteiger partial charge in [0.2, 0.25) is 11.8 Å². The number of halogens is 1. The van der Waals surface area contributed by atoms with E-state index < -0.39 is 0 Å². The maximum atomic E-state index is 11.9. The van der Waals surface area contributed by atoms with Crippen LogP contribution in [0.3, 0.4) is 0 Å². The van der Waals surface area contributed by atoms with Crippen LogP contribution < -0.4 is 4.90 Å².